The van der Waals surface area contributed by atoms with Crippen LogP contribution < -0.4 is 5.32 Å². The largest absolute Gasteiger partial charge is 0.324 e. The van der Waals surface area contributed by atoms with E-state index in [1.807, 2.05) is 36.4 Å². The summed E-state index contributed by atoms with van der Waals surface area (Å²) in [4.78, 5) is 26.5. The monoisotopic (exact) mass is 383 g/mol. The molecule has 3 aromatic carbocycles. The van der Waals surface area contributed by atoms with Crippen LogP contribution in [0.4, 0.5) is 5.69 Å². The van der Waals surface area contributed by atoms with E-state index in [0.717, 1.165) is 5.56 Å². The molecule has 4 rings (SSSR count). The minimum atomic E-state index is -0.352. The van der Waals surface area contributed by atoms with Crippen molar-refractivity contribution in [1.82, 2.24) is 20.2 Å². The molecule has 0 saturated carbocycles. The van der Waals surface area contributed by atoms with Crippen LogP contribution in [-0.2, 0) is 11.3 Å². The fourth-order valence-electron chi connectivity index (χ4n) is 2.87. The molecule has 0 spiro atoms. The molecule has 0 fully saturated rings. The predicted octanol–water partition coefficient (Wildman–Crippen LogP) is 3.21. The molecule has 7 heteroatoms. The molecule has 1 aromatic heterocycles. The minimum absolute atomic E-state index is 0.117. The van der Waals surface area contributed by atoms with Crippen molar-refractivity contribution in [2.24, 2.45) is 0 Å². The second-order valence-electron chi connectivity index (χ2n) is 6.30. The fourth-order valence-corrected chi connectivity index (χ4v) is 2.87. The van der Waals surface area contributed by atoms with Crippen molar-refractivity contribution >= 4 is 17.4 Å². The summed E-state index contributed by atoms with van der Waals surface area (Å²) in [7, 11) is 0. The third-order valence-corrected chi connectivity index (χ3v) is 4.25. The number of benzene rings is 3. The molecule has 1 amide bonds. The number of rotatable bonds is 6. The molecule has 7 nitrogen and oxygen atoms in total. The number of hydrogen-bond acceptors (Lipinski definition) is 5. The van der Waals surface area contributed by atoms with Crippen molar-refractivity contribution in [1.29, 1.82) is 0 Å². The standard InChI is InChI=1S/C22H17N5O2/c28-20(15-27-25-22(24-26-27)17-11-5-2-6-12-17)23-19-14-8-7-13-18(19)21(29)16-9-3-1-4-10-16/h1-14H,15H2,(H,23,28). The Kier molecular flexibility index (Phi) is 5.20. The normalized spacial score (nSPS) is 10.5. The zero-order chi connectivity index (χ0) is 20.1. The summed E-state index contributed by atoms with van der Waals surface area (Å²) in [6.07, 6.45) is 0. The second kappa shape index (κ2) is 8.26. The molecule has 0 aliphatic carbocycles. The number of para-hydroxylation sites is 1. The molecule has 1 N–H and O–H groups in total. The third kappa shape index (κ3) is 4.24. The topological polar surface area (TPSA) is 89.8 Å². The summed E-state index contributed by atoms with van der Waals surface area (Å²) in [5, 5.41) is 14.9. The lowest BCUT2D eigenvalue weighted by atomic mass is 10.0. The van der Waals surface area contributed by atoms with Gasteiger partial charge in [0.1, 0.15) is 6.54 Å². The van der Waals surface area contributed by atoms with Crippen molar-refractivity contribution in [2.75, 3.05) is 5.32 Å². The Morgan fingerprint density at radius 2 is 1.48 bits per heavy atom. The summed E-state index contributed by atoms with van der Waals surface area (Å²) < 4.78 is 0. The van der Waals surface area contributed by atoms with Gasteiger partial charge in [0.15, 0.2) is 5.78 Å². The van der Waals surface area contributed by atoms with Crippen molar-refractivity contribution in [3.63, 3.8) is 0 Å². The van der Waals surface area contributed by atoms with Crippen LogP contribution in [0.25, 0.3) is 11.4 Å². The van der Waals surface area contributed by atoms with Crippen LogP contribution in [0.15, 0.2) is 84.9 Å². The maximum Gasteiger partial charge on any atom is 0.248 e. The van der Waals surface area contributed by atoms with E-state index in [-0.39, 0.29) is 18.2 Å². The van der Waals surface area contributed by atoms with Crippen LogP contribution >= 0.6 is 0 Å². The first-order chi connectivity index (χ1) is 14.2. The van der Waals surface area contributed by atoms with E-state index in [1.54, 1.807) is 48.5 Å². The van der Waals surface area contributed by atoms with Gasteiger partial charge in [0.05, 0.1) is 5.69 Å². The summed E-state index contributed by atoms with van der Waals surface area (Å²) >= 11 is 0. The van der Waals surface area contributed by atoms with Crippen molar-refractivity contribution in [2.45, 2.75) is 6.54 Å². The molecular formula is C22H17N5O2. The Hall–Kier alpha value is -4.13. The van der Waals surface area contributed by atoms with Crippen molar-refractivity contribution in [3.8, 4) is 11.4 Å². The van der Waals surface area contributed by atoms with Crippen LogP contribution in [0.5, 0.6) is 0 Å². The lowest BCUT2D eigenvalue weighted by molar-refractivity contribution is -0.117. The number of tetrazole rings is 1. The number of carbonyl (C=O) groups excluding carboxylic acids is 2. The predicted molar refractivity (Wildman–Crippen MR) is 108 cm³/mol. The van der Waals surface area contributed by atoms with Gasteiger partial charge in [0.25, 0.3) is 0 Å². The van der Waals surface area contributed by atoms with Crippen molar-refractivity contribution in [3.05, 3.63) is 96.1 Å². The molecule has 1 heterocycles. The average molecular weight is 383 g/mol. The zero-order valence-electron chi connectivity index (χ0n) is 15.4. The van der Waals surface area contributed by atoms with E-state index in [4.69, 9.17) is 0 Å². The molecule has 0 unspecified atom stereocenters. The molecule has 142 valence electrons. The van der Waals surface area contributed by atoms with E-state index < -0.39 is 0 Å². The number of anilines is 1. The third-order valence-electron chi connectivity index (χ3n) is 4.25. The SMILES string of the molecule is O=C(Cn1nnc(-c2ccccc2)n1)Nc1ccccc1C(=O)c1ccccc1. The lowest BCUT2D eigenvalue weighted by Crippen LogP contribution is -2.21. The van der Waals surface area contributed by atoms with Gasteiger partial charge in [-0.3, -0.25) is 9.59 Å². The van der Waals surface area contributed by atoms with Gasteiger partial charge < -0.3 is 5.32 Å². The first-order valence-electron chi connectivity index (χ1n) is 9.02. The van der Waals surface area contributed by atoms with Crippen LogP contribution in [0.2, 0.25) is 0 Å². The van der Waals surface area contributed by atoms with Gasteiger partial charge in [0.2, 0.25) is 11.7 Å². The van der Waals surface area contributed by atoms with Gasteiger partial charge in [-0.25, -0.2) is 0 Å². The van der Waals surface area contributed by atoms with Gasteiger partial charge >= 0.3 is 0 Å². The Morgan fingerprint density at radius 3 is 2.24 bits per heavy atom. The van der Waals surface area contributed by atoms with E-state index in [9.17, 15) is 9.59 Å². The zero-order valence-corrected chi connectivity index (χ0v) is 15.4. The molecule has 0 saturated heterocycles. The van der Waals surface area contributed by atoms with Gasteiger partial charge in [-0.05, 0) is 17.3 Å². The molecule has 29 heavy (non-hydrogen) atoms. The Morgan fingerprint density at radius 1 is 0.828 bits per heavy atom. The highest BCUT2D eigenvalue weighted by atomic mass is 16.2. The highest BCUT2D eigenvalue weighted by Crippen LogP contribution is 2.19. The second-order valence-corrected chi connectivity index (χ2v) is 6.30. The highest BCUT2D eigenvalue weighted by Gasteiger charge is 2.16. The number of hydrogen-bond donors (Lipinski definition) is 1. The summed E-state index contributed by atoms with van der Waals surface area (Å²) in [5.41, 5.74) is 2.23. The van der Waals surface area contributed by atoms with Crippen LogP contribution in [-0.4, -0.2) is 31.9 Å². The number of aromatic nitrogens is 4. The molecule has 0 radical (unpaired) electrons. The van der Waals surface area contributed by atoms with Gasteiger partial charge in [-0.2, -0.15) is 4.80 Å². The quantitative estimate of drug-likeness (QED) is 0.517. The van der Waals surface area contributed by atoms with E-state index in [0.29, 0.717) is 22.6 Å². The van der Waals surface area contributed by atoms with E-state index in [2.05, 4.69) is 20.7 Å². The molecule has 4 aromatic rings. The molecule has 0 aliphatic heterocycles. The van der Waals surface area contributed by atoms with Crippen LogP contribution in [0.1, 0.15) is 15.9 Å². The lowest BCUT2D eigenvalue weighted by Gasteiger charge is -2.10. The first kappa shape index (κ1) is 18.2. The number of ketones is 1. The number of nitrogens with one attached hydrogen (secondary N) is 1. The first-order valence-corrected chi connectivity index (χ1v) is 9.02. The number of nitrogens with zero attached hydrogens (tertiary/aromatic N) is 4. The number of carbonyl (C=O) groups is 2. The maximum atomic E-state index is 12.8. The molecule has 0 bridgehead atoms. The fraction of sp³-hybridized carbons (Fsp3) is 0.0455. The summed E-state index contributed by atoms with van der Waals surface area (Å²) in [6, 6.07) is 25.2. The molecular weight excluding hydrogens is 366 g/mol. The van der Waals surface area contributed by atoms with Gasteiger partial charge in [0, 0.05) is 16.7 Å². The Bertz CT molecular complexity index is 1140. The number of amides is 1. The van der Waals surface area contributed by atoms with Crippen LogP contribution in [0, 0.1) is 0 Å². The van der Waals surface area contributed by atoms with E-state index in [1.165, 1.54) is 4.80 Å². The molecule has 0 aliphatic rings. The maximum absolute atomic E-state index is 12.8. The van der Waals surface area contributed by atoms with Crippen molar-refractivity contribution < 1.29 is 9.59 Å². The Labute approximate surface area is 167 Å². The highest BCUT2D eigenvalue weighted by molar-refractivity contribution is 6.13. The summed E-state index contributed by atoms with van der Waals surface area (Å²) in [5.74, 6) is -0.0693. The molecule has 0 atom stereocenters. The minimum Gasteiger partial charge on any atom is -0.324 e. The van der Waals surface area contributed by atoms with Crippen LogP contribution in [0.3, 0.4) is 0 Å². The van der Waals surface area contributed by atoms with Gasteiger partial charge in [-0.15, -0.1) is 10.2 Å². The van der Waals surface area contributed by atoms with E-state index >= 15 is 0 Å². The summed E-state index contributed by atoms with van der Waals surface area (Å²) in [6.45, 7) is -0.117. The van der Waals surface area contributed by atoms with Gasteiger partial charge in [-0.1, -0.05) is 72.8 Å². The Balaban J connectivity index is 1.48. The smallest absolute Gasteiger partial charge is 0.248 e. The average Bonchev–Trinajstić information content (AvgIpc) is 3.23.